The summed E-state index contributed by atoms with van der Waals surface area (Å²) in [5.74, 6) is -0.0257. The van der Waals surface area contributed by atoms with Gasteiger partial charge in [0, 0.05) is 19.9 Å². The van der Waals surface area contributed by atoms with E-state index < -0.39 is 0 Å². The third-order valence-electron chi connectivity index (χ3n) is 3.46. The third-order valence-corrected chi connectivity index (χ3v) is 4.37. The summed E-state index contributed by atoms with van der Waals surface area (Å²) in [5, 5.41) is 4.38. The smallest absolute Gasteiger partial charge is 0.229 e. The van der Waals surface area contributed by atoms with Gasteiger partial charge in [-0.25, -0.2) is 0 Å². The molecule has 2 rings (SSSR count). The Morgan fingerprint density at radius 2 is 1.89 bits per heavy atom. The van der Waals surface area contributed by atoms with Crippen molar-refractivity contribution in [2.45, 2.75) is 39.7 Å². The Kier molecular flexibility index (Phi) is 4.08. The zero-order valence-electron chi connectivity index (χ0n) is 11.4. The summed E-state index contributed by atoms with van der Waals surface area (Å²) in [4.78, 5) is 25.3. The number of amides is 2. The van der Waals surface area contributed by atoms with Crippen LogP contribution in [0.4, 0.5) is 0 Å². The highest BCUT2D eigenvalue weighted by atomic mass is 79.9. The van der Waals surface area contributed by atoms with Gasteiger partial charge in [0.2, 0.25) is 11.8 Å². The van der Waals surface area contributed by atoms with Gasteiger partial charge in [-0.1, -0.05) is 13.8 Å². The van der Waals surface area contributed by atoms with Gasteiger partial charge in [-0.05, 0) is 28.3 Å². The van der Waals surface area contributed by atoms with E-state index in [4.69, 9.17) is 0 Å². The van der Waals surface area contributed by atoms with Crippen LogP contribution in [0.2, 0.25) is 0 Å². The van der Waals surface area contributed by atoms with Gasteiger partial charge in [0.1, 0.15) is 0 Å². The topological polar surface area (TPSA) is 55.2 Å². The molecule has 0 saturated carbocycles. The van der Waals surface area contributed by atoms with Crippen molar-refractivity contribution in [1.29, 1.82) is 0 Å². The molecule has 0 aromatic carbocycles. The number of aryl methyl sites for hydroxylation is 2. The molecule has 1 aromatic heterocycles. The standard InChI is InChI=1S/C13H18BrN3O2/c1-4-9-13(14)10(16(3)15-9)7-17-11(18)5-8(2)6-12(17)19/h8H,4-7H2,1-3H3. The summed E-state index contributed by atoms with van der Waals surface area (Å²) < 4.78 is 2.64. The van der Waals surface area contributed by atoms with E-state index in [1.807, 2.05) is 20.9 Å². The molecule has 1 aliphatic rings. The van der Waals surface area contributed by atoms with Gasteiger partial charge in [0.05, 0.1) is 22.4 Å². The fourth-order valence-electron chi connectivity index (χ4n) is 2.35. The second-order valence-corrected chi connectivity index (χ2v) is 5.86. The minimum atomic E-state index is -0.0881. The predicted octanol–water partition coefficient (Wildman–Crippen LogP) is 2.03. The van der Waals surface area contributed by atoms with Crippen LogP contribution in [0.25, 0.3) is 0 Å². The number of piperidine rings is 1. The Balaban J connectivity index is 2.23. The summed E-state index contributed by atoms with van der Waals surface area (Å²) in [7, 11) is 1.83. The predicted molar refractivity (Wildman–Crippen MR) is 74.2 cm³/mol. The first-order valence-corrected chi connectivity index (χ1v) is 7.26. The van der Waals surface area contributed by atoms with Crippen LogP contribution in [0.1, 0.15) is 38.1 Å². The van der Waals surface area contributed by atoms with Gasteiger partial charge >= 0.3 is 0 Å². The SMILES string of the molecule is CCc1nn(C)c(CN2C(=O)CC(C)CC2=O)c1Br. The minimum absolute atomic E-state index is 0.0881. The highest BCUT2D eigenvalue weighted by Gasteiger charge is 2.31. The second kappa shape index (κ2) is 5.45. The van der Waals surface area contributed by atoms with E-state index >= 15 is 0 Å². The van der Waals surface area contributed by atoms with Crippen molar-refractivity contribution in [2.75, 3.05) is 0 Å². The summed E-state index contributed by atoms with van der Waals surface area (Å²) in [5.41, 5.74) is 1.82. The van der Waals surface area contributed by atoms with Gasteiger partial charge in [-0.2, -0.15) is 5.10 Å². The average Bonchev–Trinajstić information content (AvgIpc) is 2.59. The number of nitrogens with zero attached hydrogens (tertiary/aromatic N) is 3. The molecule has 2 amide bonds. The van der Waals surface area contributed by atoms with Gasteiger partial charge in [-0.15, -0.1) is 0 Å². The van der Waals surface area contributed by atoms with Crippen LogP contribution >= 0.6 is 15.9 Å². The van der Waals surface area contributed by atoms with E-state index in [2.05, 4.69) is 21.0 Å². The first kappa shape index (κ1) is 14.2. The minimum Gasteiger partial charge on any atom is -0.277 e. The van der Waals surface area contributed by atoms with E-state index in [9.17, 15) is 9.59 Å². The molecule has 6 heteroatoms. The Labute approximate surface area is 121 Å². The summed E-state index contributed by atoms with van der Waals surface area (Å²) in [6.45, 7) is 4.26. The lowest BCUT2D eigenvalue weighted by molar-refractivity contribution is -0.150. The molecular weight excluding hydrogens is 310 g/mol. The molecule has 104 valence electrons. The number of imide groups is 1. The van der Waals surface area contributed by atoms with Crippen molar-refractivity contribution >= 4 is 27.7 Å². The summed E-state index contributed by atoms with van der Waals surface area (Å²) in [6, 6.07) is 0. The molecule has 0 aliphatic carbocycles. The largest absolute Gasteiger partial charge is 0.277 e. The van der Waals surface area contributed by atoms with Crippen molar-refractivity contribution < 1.29 is 9.59 Å². The number of rotatable bonds is 3. The normalized spacial score (nSPS) is 17.4. The molecule has 0 N–H and O–H groups in total. The molecule has 0 unspecified atom stereocenters. The maximum atomic E-state index is 12.0. The van der Waals surface area contributed by atoms with Gasteiger partial charge in [-0.3, -0.25) is 19.2 Å². The highest BCUT2D eigenvalue weighted by Crippen LogP contribution is 2.26. The molecule has 1 saturated heterocycles. The van der Waals surface area contributed by atoms with Crippen molar-refractivity contribution in [2.24, 2.45) is 13.0 Å². The Hall–Kier alpha value is -1.17. The van der Waals surface area contributed by atoms with E-state index in [1.165, 1.54) is 4.90 Å². The second-order valence-electron chi connectivity index (χ2n) is 5.07. The molecule has 0 atom stereocenters. The van der Waals surface area contributed by atoms with Crippen LogP contribution in [0.3, 0.4) is 0 Å². The zero-order chi connectivity index (χ0) is 14.2. The van der Waals surface area contributed by atoms with E-state index in [0.717, 1.165) is 22.3 Å². The van der Waals surface area contributed by atoms with Crippen LogP contribution < -0.4 is 0 Å². The fourth-order valence-corrected chi connectivity index (χ4v) is 3.09. The van der Waals surface area contributed by atoms with Crippen molar-refractivity contribution in [1.82, 2.24) is 14.7 Å². The average molecular weight is 328 g/mol. The lowest BCUT2D eigenvalue weighted by atomic mass is 9.98. The number of carbonyl (C=O) groups excluding carboxylic acids is 2. The van der Waals surface area contributed by atoms with Crippen LogP contribution in [-0.2, 0) is 29.6 Å². The molecule has 1 aliphatic heterocycles. The molecule has 0 bridgehead atoms. The maximum absolute atomic E-state index is 12.0. The van der Waals surface area contributed by atoms with Crippen molar-refractivity contribution in [3.63, 3.8) is 0 Å². The van der Waals surface area contributed by atoms with E-state index in [1.54, 1.807) is 4.68 Å². The monoisotopic (exact) mass is 327 g/mol. The number of aromatic nitrogens is 2. The molecule has 1 aromatic rings. The molecule has 2 heterocycles. The van der Waals surface area contributed by atoms with E-state index in [0.29, 0.717) is 19.4 Å². The Bertz CT molecular complexity index is 506. The fraction of sp³-hybridized carbons (Fsp3) is 0.615. The number of hydrogen-bond acceptors (Lipinski definition) is 3. The summed E-state index contributed by atoms with van der Waals surface area (Å²) >= 11 is 3.51. The van der Waals surface area contributed by atoms with Gasteiger partial charge in [0.25, 0.3) is 0 Å². The van der Waals surface area contributed by atoms with E-state index in [-0.39, 0.29) is 17.7 Å². The Morgan fingerprint density at radius 3 is 2.37 bits per heavy atom. The van der Waals surface area contributed by atoms with Crippen LogP contribution in [-0.4, -0.2) is 26.5 Å². The highest BCUT2D eigenvalue weighted by molar-refractivity contribution is 9.10. The van der Waals surface area contributed by atoms with Gasteiger partial charge in [0.15, 0.2) is 0 Å². The van der Waals surface area contributed by atoms with Crippen LogP contribution in [0.5, 0.6) is 0 Å². The quantitative estimate of drug-likeness (QED) is 0.798. The van der Waals surface area contributed by atoms with Crippen LogP contribution in [0.15, 0.2) is 4.47 Å². The lowest BCUT2D eigenvalue weighted by Gasteiger charge is -2.28. The zero-order valence-corrected chi connectivity index (χ0v) is 13.0. The molecule has 0 spiro atoms. The number of likely N-dealkylation sites (tertiary alicyclic amines) is 1. The van der Waals surface area contributed by atoms with Crippen LogP contribution in [0, 0.1) is 5.92 Å². The first-order valence-electron chi connectivity index (χ1n) is 6.47. The third kappa shape index (κ3) is 2.73. The molecular formula is C13H18BrN3O2. The van der Waals surface area contributed by atoms with Gasteiger partial charge < -0.3 is 0 Å². The molecule has 5 nitrogen and oxygen atoms in total. The molecule has 0 radical (unpaired) electrons. The number of hydrogen-bond donors (Lipinski definition) is 0. The Morgan fingerprint density at radius 1 is 1.32 bits per heavy atom. The van der Waals surface area contributed by atoms with Crippen molar-refractivity contribution in [3.8, 4) is 0 Å². The maximum Gasteiger partial charge on any atom is 0.229 e. The summed E-state index contributed by atoms with van der Waals surface area (Å²) in [6.07, 6.45) is 1.71. The first-order chi connectivity index (χ1) is 8.93. The molecule has 1 fully saturated rings. The molecule has 19 heavy (non-hydrogen) atoms. The number of carbonyl (C=O) groups is 2. The lowest BCUT2D eigenvalue weighted by Crippen LogP contribution is -2.42. The van der Waals surface area contributed by atoms with Crippen molar-refractivity contribution in [3.05, 3.63) is 15.9 Å². The number of halogens is 1.